The third-order valence-electron chi connectivity index (χ3n) is 7.33. The van der Waals surface area contributed by atoms with E-state index >= 15 is 0 Å². The van der Waals surface area contributed by atoms with Gasteiger partial charge in [-0.15, -0.1) is 12.4 Å². The number of anilines is 1. The molecule has 35 heavy (non-hydrogen) atoms. The van der Waals surface area contributed by atoms with Gasteiger partial charge in [-0.1, -0.05) is 0 Å². The predicted molar refractivity (Wildman–Crippen MR) is 134 cm³/mol. The lowest BCUT2D eigenvalue weighted by atomic mass is 9.87. The highest BCUT2D eigenvalue weighted by Gasteiger charge is 2.28. The maximum atomic E-state index is 13.6. The van der Waals surface area contributed by atoms with Gasteiger partial charge < -0.3 is 15.0 Å². The fourth-order valence-corrected chi connectivity index (χ4v) is 5.52. The van der Waals surface area contributed by atoms with Crippen LogP contribution < -0.4 is 10.5 Å². The number of aliphatic hydroxyl groups is 1. The summed E-state index contributed by atoms with van der Waals surface area (Å²) < 4.78 is 15.5. The maximum absolute atomic E-state index is 13.6. The summed E-state index contributed by atoms with van der Waals surface area (Å²) in [5, 5.41) is 9.90. The largest absolute Gasteiger partial charge is 0.393 e. The van der Waals surface area contributed by atoms with E-state index in [-0.39, 0.29) is 41.7 Å². The van der Waals surface area contributed by atoms with Crippen molar-refractivity contribution in [2.75, 3.05) is 11.4 Å². The summed E-state index contributed by atoms with van der Waals surface area (Å²) >= 11 is 0. The SMILES string of the molecule is Cc1cc2c(cc1C(=O)N1CCc3cc(F)ccc31)[nH]c(=O)c1cnc(C3CCC(O)CC3)n12.Cl. The van der Waals surface area contributed by atoms with Crippen LogP contribution in [0.15, 0.2) is 41.3 Å². The number of carbonyl (C=O) groups excluding carboxylic acids is 1. The fraction of sp³-hybridized carbons (Fsp3) is 0.346. The Morgan fingerprint density at radius 1 is 1.14 bits per heavy atom. The molecule has 1 fully saturated rings. The lowest BCUT2D eigenvalue weighted by molar-refractivity contribution is 0.0989. The molecule has 1 aliphatic heterocycles. The molecule has 1 amide bonds. The highest BCUT2D eigenvalue weighted by atomic mass is 35.5. The number of hydrogen-bond donors (Lipinski definition) is 2. The van der Waals surface area contributed by atoms with E-state index < -0.39 is 0 Å². The summed E-state index contributed by atoms with van der Waals surface area (Å²) in [5.41, 5.74) is 4.43. The van der Waals surface area contributed by atoms with Crippen LogP contribution in [0.25, 0.3) is 16.6 Å². The lowest BCUT2D eigenvalue weighted by Gasteiger charge is -2.25. The summed E-state index contributed by atoms with van der Waals surface area (Å²) in [6.45, 7) is 2.38. The van der Waals surface area contributed by atoms with E-state index in [2.05, 4.69) is 9.97 Å². The first-order valence-electron chi connectivity index (χ1n) is 11.7. The molecule has 2 aromatic carbocycles. The third-order valence-corrected chi connectivity index (χ3v) is 7.33. The van der Waals surface area contributed by atoms with Crippen molar-refractivity contribution < 1.29 is 14.3 Å². The Morgan fingerprint density at radius 3 is 2.69 bits per heavy atom. The highest BCUT2D eigenvalue weighted by molar-refractivity contribution is 6.09. The van der Waals surface area contributed by atoms with Crippen LogP contribution in [0.2, 0.25) is 0 Å². The Bertz CT molecular complexity index is 1520. The second-order valence-electron chi connectivity index (χ2n) is 9.46. The molecule has 182 valence electrons. The van der Waals surface area contributed by atoms with E-state index in [0.29, 0.717) is 29.6 Å². The first-order valence-corrected chi connectivity index (χ1v) is 11.7. The molecular weight excluding hydrogens is 471 g/mol. The van der Waals surface area contributed by atoms with Crippen LogP contribution in [-0.2, 0) is 6.42 Å². The van der Waals surface area contributed by atoms with Gasteiger partial charge in [0, 0.05) is 23.7 Å². The monoisotopic (exact) mass is 496 g/mol. The number of aromatic amines is 1. The van der Waals surface area contributed by atoms with E-state index in [9.17, 15) is 19.1 Å². The smallest absolute Gasteiger partial charge is 0.274 e. The molecule has 0 bridgehead atoms. The number of rotatable bonds is 2. The van der Waals surface area contributed by atoms with Gasteiger partial charge in [0.05, 0.1) is 23.3 Å². The molecule has 0 radical (unpaired) electrons. The van der Waals surface area contributed by atoms with Crippen molar-refractivity contribution in [1.82, 2.24) is 14.4 Å². The summed E-state index contributed by atoms with van der Waals surface area (Å²) in [6, 6.07) is 8.17. The van der Waals surface area contributed by atoms with Gasteiger partial charge in [0.25, 0.3) is 11.5 Å². The van der Waals surface area contributed by atoms with Crippen molar-refractivity contribution >= 4 is 40.6 Å². The number of imidazole rings is 1. The van der Waals surface area contributed by atoms with Crippen molar-refractivity contribution in [2.24, 2.45) is 0 Å². The van der Waals surface area contributed by atoms with Crippen LogP contribution >= 0.6 is 12.4 Å². The quantitative estimate of drug-likeness (QED) is 0.433. The Morgan fingerprint density at radius 2 is 1.91 bits per heavy atom. The Labute approximate surface area is 207 Å². The Hall–Kier alpha value is -3.23. The third kappa shape index (κ3) is 3.81. The molecular formula is C26H26ClFN4O3. The molecule has 4 aromatic rings. The molecule has 1 aliphatic carbocycles. The number of fused-ring (bicyclic) bond motifs is 4. The summed E-state index contributed by atoms with van der Waals surface area (Å²) in [6.07, 6.45) is 5.02. The number of carbonyl (C=O) groups is 1. The van der Waals surface area contributed by atoms with Crippen molar-refractivity contribution in [3.63, 3.8) is 0 Å². The maximum Gasteiger partial charge on any atom is 0.274 e. The van der Waals surface area contributed by atoms with Gasteiger partial charge in [-0.25, -0.2) is 9.37 Å². The average Bonchev–Trinajstić information content (AvgIpc) is 3.44. The van der Waals surface area contributed by atoms with E-state index in [1.54, 1.807) is 23.2 Å². The molecule has 1 saturated carbocycles. The van der Waals surface area contributed by atoms with Crippen molar-refractivity contribution in [3.05, 3.63) is 75.2 Å². The molecule has 2 N–H and O–H groups in total. The topological polar surface area (TPSA) is 90.7 Å². The number of aryl methyl sites for hydroxylation is 1. The number of nitrogens with one attached hydrogen (secondary N) is 1. The Kier molecular flexibility index (Phi) is 5.89. The number of halogens is 2. The standard InChI is InChI=1S/C26H25FN4O3.ClH/c1-14-10-22-20(12-19(14)26(34)30-9-8-16-11-17(27)4-7-21(16)30)29-25(33)23-13-28-24(31(22)23)15-2-5-18(32)6-3-15;/h4,7,10-13,15,18,32H,2-3,5-6,8-9H2,1H3,(H,29,33);1H. The highest BCUT2D eigenvalue weighted by Crippen LogP contribution is 2.34. The molecule has 0 unspecified atom stereocenters. The molecule has 2 aromatic heterocycles. The summed E-state index contributed by atoms with van der Waals surface area (Å²) in [7, 11) is 0. The van der Waals surface area contributed by atoms with Gasteiger partial charge in [0.1, 0.15) is 17.2 Å². The van der Waals surface area contributed by atoms with Crippen LogP contribution in [0, 0.1) is 12.7 Å². The second kappa shape index (κ2) is 8.77. The number of benzene rings is 2. The molecule has 0 saturated heterocycles. The molecule has 7 nitrogen and oxygen atoms in total. The predicted octanol–water partition coefficient (Wildman–Crippen LogP) is 4.27. The number of hydrogen-bond acceptors (Lipinski definition) is 4. The zero-order chi connectivity index (χ0) is 23.6. The van der Waals surface area contributed by atoms with Crippen molar-refractivity contribution in [2.45, 2.75) is 51.0 Å². The first kappa shape index (κ1) is 23.5. The number of aromatic nitrogens is 3. The minimum Gasteiger partial charge on any atom is -0.393 e. The van der Waals surface area contributed by atoms with Gasteiger partial charge >= 0.3 is 0 Å². The van der Waals surface area contributed by atoms with Gasteiger partial charge in [0.15, 0.2) is 0 Å². The zero-order valence-electron chi connectivity index (χ0n) is 19.3. The molecule has 6 rings (SSSR count). The van der Waals surface area contributed by atoms with Crippen LogP contribution in [0.5, 0.6) is 0 Å². The van der Waals surface area contributed by atoms with E-state index in [1.807, 2.05) is 17.4 Å². The van der Waals surface area contributed by atoms with Crippen LogP contribution in [-0.4, -0.2) is 38.0 Å². The number of nitrogens with zero attached hydrogens (tertiary/aromatic N) is 3. The van der Waals surface area contributed by atoms with Gasteiger partial charge in [-0.3, -0.25) is 14.0 Å². The van der Waals surface area contributed by atoms with Crippen LogP contribution in [0.3, 0.4) is 0 Å². The van der Waals surface area contributed by atoms with Crippen LogP contribution in [0.4, 0.5) is 10.1 Å². The van der Waals surface area contributed by atoms with Crippen molar-refractivity contribution in [3.8, 4) is 0 Å². The number of H-pyrrole nitrogens is 1. The number of amides is 1. The fourth-order valence-electron chi connectivity index (χ4n) is 5.52. The molecule has 0 atom stereocenters. The van der Waals surface area contributed by atoms with Gasteiger partial charge in [0.2, 0.25) is 0 Å². The number of aliphatic hydroxyl groups excluding tert-OH is 1. The van der Waals surface area contributed by atoms with Gasteiger partial charge in [-0.2, -0.15) is 0 Å². The summed E-state index contributed by atoms with van der Waals surface area (Å²) in [5.74, 6) is 0.518. The summed E-state index contributed by atoms with van der Waals surface area (Å²) in [4.78, 5) is 35.6. The lowest BCUT2D eigenvalue weighted by Crippen LogP contribution is -2.29. The van der Waals surface area contributed by atoms with E-state index in [4.69, 9.17) is 0 Å². The first-order chi connectivity index (χ1) is 16.4. The average molecular weight is 497 g/mol. The Balaban J connectivity index is 0.00000253. The van der Waals surface area contributed by atoms with Crippen molar-refractivity contribution in [1.29, 1.82) is 0 Å². The normalized spacial score (nSPS) is 19.7. The van der Waals surface area contributed by atoms with Crippen LogP contribution in [0.1, 0.15) is 58.9 Å². The molecule has 9 heteroatoms. The second-order valence-corrected chi connectivity index (χ2v) is 9.46. The molecule has 3 heterocycles. The molecule has 0 spiro atoms. The minimum atomic E-state index is -0.305. The van der Waals surface area contributed by atoms with E-state index in [0.717, 1.165) is 53.8 Å². The minimum absolute atomic E-state index is 0. The zero-order valence-corrected chi connectivity index (χ0v) is 20.1. The van der Waals surface area contributed by atoms with E-state index in [1.165, 1.54) is 12.1 Å². The van der Waals surface area contributed by atoms with Gasteiger partial charge in [-0.05, 0) is 80.5 Å². The molecule has 2 aliphatic rings.